The molecule has 5 nitrogen and oxygen atoms in total. The molecule has 0 aliphatic rings. The van der Waals surface area contributed by atoms with Crippen LogP contribution in [0.2, 0.25) is 0 Å². The Morgan fingerprint density at radius 1 is 1.28 bits per heavy atom. The third-order valence-corrected chi connectivity index (χ3v) is 2.65. The minimum atomic E-state index is -0.737. The van der Waals surface area contributed by atoms with E-state index >= 15 is 0 Å². The number of para-hydroxylation sites is 1. The average molecular weight is 250 g/mol. The number of hydrogen-bond acceptors (Lipinski definition) is 3. The van der Waals surface area contributed by atoms with Gasteiger partial charge in [0.15, 0.2) is 0 Å². The molecule has 0 aromatic heterocycles. The summed E-state index contributed by atoms with van der Waals surface area (Å²) in [7, 11) is 0. The Morgan fingerprint density at radius 3 is 2.50 bits per heavy atom. The molecular weight excluding hydrogens is 232 g/mol. The van der Waals surface area contributed by atoms with E-state index < -0.39 is 11.8 Å². The van der Waals surface area contributed by atoms with E-state index in [1.165, 1.54) is 0 Å². The number of aryl methyl sites for hydroxylation is 1. The van der Waals surface area contributed by atoms with Crippen LogP contribution in [0.3, 0.4) is 0 Å². The molecule has 0 aliphatic heterocycles. The number of hydrogen-bond donors (Lipinski definition) is 3. The van der Waals surface area contributed by atoms with Gasteiger partial charge < -0.3 is 15.7 Å². The first-order valence-electron chi connectivity index (χ1n) is 5.86. The van der Waals surface area contributed by atoms with E-state index in [-0.39, 0.29) is 12.6 Å². The molecule has 0 spiro atoms. The highest BCUT2D eigenvalue weighted by Gasteiger charge is 2.17. The minimum absolute atomic E-state index is 0.181. The Labute approximate surface area is 106 Å². The second kappa shape index (κ2) is 6.76. The maximum Gasteiger partial charge on any atom is 0.313 e. The molecule has 98 valence electrons. The predicted molar refractivity (Wildman–Crippen MR) is 69.1 cm³/mol. The summed E-state index contributed by atoms with van der Waals surface area (Å²) in [5.41, 5.74) is 1.49. The zero-order chi connectivity index (χ0) is 13.5. The van der Waals surface area contributed by atoms with Gasteiger partial charge in [0.1, 0.15) is 0 Å². The average Bonchev–Trinajstić information content (AvgIpc) is 2.38. The lowest BCUT2D eigenvalue weighted by Gasteiger charge is -2.14. The summed E-state index contributed by atoms with van der Waals surface area (Å²) in [5.74, 6) is -1.46. The Balaban J connectivity index is 2.61. The molecule has 1 aromatic rings. The van der Waals surface area contributed by atoms with Gasteiger partial charge in [-0.2, -0.15) is 0 Å². The topological polar surface area (TPSA) is 78.4 Å². The number of carbonyl (C=O) groups is 2. The predicted octanol–water partition coefficient (Wildman–Crippen LogP) is 0.821. The standard InChI is InChI=1S/C13H18N2O3/c1-3-10(8-16)14-12(17)13(18)15-11-7-5-4-6-9(11)2/h4-7,10,16H,3,8H2,1-2H3,(H,14,17)(H,15,18). The molecule has 0 bridgehead atoms. The van der Waals surface area contributed by atoms with Gasteiger partial charge in [-0.05, 0) is 25.0 Å². The highest BCUT2D eigenvalue weighted by Crippen LogP contribution is 2.12. The molecule has 2 amide bonds. The van der Waals surface area contributed by atoms with E-state index in [1.54, 1.807) is 12.1 Å². The first kappa shape index (κ1) is 14.2. The van der Waals surface area contributed by atoms with Crippen molar-refractivity contribution in [3.63, 3.8) is 0 Å². The highest BCUT2D eigenvalue weighted by atomic mass is 16.3. The van der Waals surface area contributed by atoms with Crippen molar-refractivity contribution >= 4 is 17.5 Å². The smallest absolute Gasteiger partial charge is 0.313 e. The first-order chi connectivity index (χ1) is 8.58. The van der Waals surface area contributed by atoms with Crippen LogP contribution in [0.15, 0.2) is 24.3 Å². The Morgan fingerprint density at radius 2 is 1.94 bits per heavy atom. The van der Waals surface area contributed by atoms with E-state index in [0.29, 0.717) is 12.1 Å². The number of anilines is 1. The van der Waals surface area contributed by atoms with Crippen LogP contribution in [0, 0.1) is 6.92 Å². The van der Waals surface area contributed by atoms with E-state index in [2.05, 4.69) is 10.6 Å². The van der Waals surface area contributed by atoms with Crippen LogP contribution in [0.4, 0.5) is 5.69 Å². The molecule has 0 radical (unpaired) electrons. The Kier molecular flexibility index (Phi) is 5.32. The maximum atomic E-state index is 11.6. The van der Waals surface area contributed by atoms with Crippen LogP contribution in [0.1, 0.15) is 18.9 Å². The molecule has 1 unspecified atom stereocenters. The lowest BCUT2D eigenvalue weighted by atomic mass is 10.2. The normalized spacial score (nSPS) is 11.7. The number of benzene rings is 1. The number of carbonyl (C=O) groups excluding carboxylic acids is 2. The lowest BCUT2D eigenvalue weighted by molar-refractivity contribution is -0.136. The number of nitrogens with one attached hydrogen (secondary N) is 2. The molecule has 0 heterocycles. The second-order valence-corrected chi connectivity index (χ2v) is 4.03. The summed E-state index contributed by atoms with van der Waals surface area (Å²) in [4.78, 5) is 23.2. The van der Waals surface area contributed by atoms with E-state index in [1.807, 2.05) is 26.0 Å². The fourth-order valence-electron chi connectivity index (χ4n) is 1.42. The van der Waals surface area contributed by atoms with E-state index in [0.717, 1.165) is 5.56 Å². The van der Waals surface area contributed by atoms with Crippen molar-refractivity contribution in [1.29, 1.82) is 0 Å². The fraction of sp³-hybridized carbons (Fsp3) is 0.385. The molecule has 5 heteroatoms. The highest BCUT2D eigenvalue weighted by molar-refractivity contribution is 6.39. The molecular formula is C13H18N2O3. The van der Waals surface area contributed by atoms with Crippen molar-refractivity contribution in [2.24, 2.45) is 0 Å². The van der Waals surface area contributed by atoms with Gasteiger partial charge in [0.25, 0.3) is 0 Å². The second-order valence-electron chi connectivity index (χ2n) is 4.03. The molecule has 3 N–H and O–H groups in total. The number of aliphatic hydroxyl groups is 1. The molecule has 0 saturated carbocycles. The van der Waals surface area contributed by atoms with Gasteiger partial charge in [-0.25, -0.2) is 0 Å². The molecule has 0 aliphatic carbocycles. The van der Waals surface area contributed by atoms with Crippen molar-refractivity contribution in [3.05, 3.63) is 29.8 Å². The summed E-state index contributed by atoms with van der Waals surface area (Å²) < 4.78 is 0. The minimum Gasteiger partial charge on any atom is -0.394 e. The van der Waals surface area contributed by atoms with Gasteiger partial charge in [0.05, 0.1) is 12.6 Å². The summed E-state index contributed by atoms with van der Waals surface area (Å²) >= 11 is 0. The van der Waals surface area contributed by atoms with Crippen molar-refractivity contribution in [1.82, 2.24) is 5.32 Å². The molecule has 1 aromatic carbocycles. The third-order valence-electron chi connectivity index (χ3n) is 2.65. The summed E-state index contributed by atoms with van der Waals surface area (Å²) in [6, 6.07) is 6.81. The van der Waals surface area contributed by atoms with Crippen LogP contribution >= 0.6 is 0 Å². The van der Waals surface area contributed by atoms with Crippen LogP contribution in [0.25, 0.3) is 0 Å². The quantitative estimate of drug-likeness (QED) is 0.692. The van der Waals surface area contributed by atoms with Crippen molar-refractivity contribution in [3.8, 4) is 0 Å². The van der Waals surface area contributed by atoms with Crippen molar-refractivity contribution in [2.75, 3.05) is 11.9 Å². The number of rotatable bonds is 4. The first-order valence-corrected chi connectivity index (χ1v) is 5.86. The molecule has 1 rings (SSSR count). The third kappa shape index (κ3) is 3.85. The van der Waals surface area contributed by atoms with E-state index in [9.17, 15) is 9.59 Å². The largest absolute Gasteiger partial charge is 0.394 e. The van der Waals surface area contributed by atoms with Gasteiger partial charge in [-0.1, -0.05) is 25.1 Å². The number of aliphatic hydroxyl groups excluding tert-OH is 1. The van der Waals surface area contributed by atoms with Crippen LogP contribution in [-0.4, -0.2) is 29.6 Å². The van der Waals surface area contributed by atoms with Gasteiger partial charge in [0, 0.05) is 5.69 Å². The van der Waals surface area contributed by atoms with Crippen LogP contribution in [-0.2, 0) is 9.59 Å². The van der Waals surface area contributed by atoms with Gasteiger partial charge in [0.2, 0.25) is 0 Å². The van der Waals surface area contributed by atoms with Crippen LogP contribution < -0.4 is 10.6 Å². The van der Waals surface area contributed by atoms with Crippen molar-refractivity contribution in [2.45, 2.75) is 26.3 Å². The van der Waals surface area contributed by atoms with Gasteiger partial charge in [-0.15, -0.1) is 0 Å². The fourth-order valence-corrected chi connectivity index (χ4v) is 1.42. The Hall–Kier alpha value is -1.88. The van der Waals surface area contributed by atoms with Gasteiger partial charge in [-0.3, -0.25) is 9.59 Å². The summed E-state index contributed by atoms with van der Waals surface area (Å²) in [6.07, 6.45) is 0.569. The van der Waals surface area contributed by atoms with E-state index in [4.69, 9.17) is 5.11 Å². The molecule has 1 atom stereocenters. The summed E-state index contributed by atoms with van der Waals surface area (Å²) in [5, 5.41) is 13.9. The number of amides is 2. The maximum absolute atomic E-state index is 11.6. The van der Waals surface area contributed by atoms with Gasteiger partial charge >= 0.3 is 11.8 Å². The Bertz CT molecular complexity index is 428. The lowest BCUT2D eigenvalue weighted by Crippen LogP contribution is -2.43. The SMILES string of the molecule is CCC(CO)NC(=O)C(=O)Nc1ccccc1C. The molecule has 0 saturated heterocycles. The zero-order valence-corrected chi connectivity index (χ0v) is 10.6. The van der Waals surface area contributed by atoms with Crippen molar-refractivity contribution < 1.29 is 14.7 Å². The van der Waals surface area contributed by atoms with Crippen LogP contribution in [0.5, 0.6) is 0 Å². The molecule has 18 heavy (non-hydrogen) atoms. The zero-order valence-electron chi connectivity index (χ0n) is 10.6. The molecule has 0 fully saturated rings. The monoisotopic (exact) mass is 250 g/mol. The summed E-state index contributed by atoms with van der Waals surface area (Å²) in [6.45, 7) is 3.48.